The molecule has 0 unspecified atom stereocenters. The van der Waals surface area contributed by atoms with Crippen LogP contribution in [0.2, 0.25) is 0 Å². The van der Waals surface area contributed by atoms with Crippen LogP contribution in [0.5, 0.6) is 0 Å². The van der Waals surface area contributed by atoms with Crippen molar-refractivity contribution >= 4 is 17.7 Å². The number of nitrogens with zero attached hydrogens (tertiary/aromatic N) is 4. The zero-order chi connectivity index (χ0) is 26.6. The summed E-state index contributed by atoms with van der Waals surface area (Å²) in [5.41, 5.74) is 2.08. The minimum Gasteiger partial charge on any atom is -0.444 e. The topological polar surface area (TPSA) is 67.7 Å². The minimum absolute atomic E-state index is 0.0291. The van der Waals surface area contributed by atoms with Crippen LogP contribution in [-0.4, -0.2) is 51.3 Å². The van der Waals surface area contributed by atoms with Crippen LogP contribution in [0.3, 0.4) is 0 Å². The molecule has 37 heavy (non-hydrogen) atoms. The molecule has 2 aliphatic heterocycles. The fourth-order valence-corrected chi connectivity index (χ4v) is 5.74. The number of alkyl halides is 3. The smallest absolute Gasteiger partial charge is 0.410 e. The molecule has 200 valence electrons. The molecule has 0 N–H and O–H groups in total. The maximum Gasteiger partial charge on any atom is 0.410 e. The van der Waals surface area contributed by atoms with Crippen LogP contribution >= 0.6 is 0 Å². The van der Waals surface area contributed by atoms with E-state index in [1.54, 1.807) is 30.6 Å². The Morgan fingerprint density at radius 1 is 1.11 bits per heavy atom. The van der Waals surface area contributed by atoms with Gasteiger partial charge in [0.15, 0.2) is 0 Å². The molecule has 2 aromatic rings. The highest BCUT2D eigenvalue weighted by Crippen LogP contribution is 2.48. The normalized spacial score (nSPS) is 18.6. The second-order valence-corrected chi connectivity index (χ2v) is 11.3. The van der Waals surface area contributed by atoms with E-state index in [-0.39, 0.29) is 38.5 Å². The van der Waals surface area contributed by atoms with Crippen molar-refractivity contribution in [3.05, 3.63) is 47.0 Å². The van der Waals surface area contributed by atoms with E-state index in [1.807, 2.05) is 28.8 Å². The van der Waals surface area contributed by atoms with Crippen LogP contribution < -0.4 is 4.90 Å². The molecule has 10 heteroatoms. The molecule has 3 aliphatic rings. The first-order chi connectivity index (χ1) is 17.4. The van der Waals surface area contributed by atoms with Crippen molar-refractivity contribution in [3.63, 3.8) is 0 Å². The van der Waals surface area contributed by atoms with E-state index in [4.69, 9.17) is 9.72 Å². The van der Waals surface area contributed by atoms with Gasteiger partial charge in [0.2, 0.25) is 5.91 Å². The summed E-state index contributed by atoms with van der Waals surface area (Å²) in [6.45, 7) is 6.26. The van der Waals surface area contributed by atoms with Gasteiger partial charge in [-0.05, 0) is 64.5 Å². The molecule has 2 amide bonds. The van der Waals surface area contributed by atoms with Gasteiger partial charge >= 0.3 is 12.3 Å². The number of ether oxygens (including phenoxy) is 1. The molecule has 5 rings (SSSR count). The first-order valence-corrected chi connectivity index (χ1v) is 12.9. The summed E-state index contributed by atoms with van der Waals surface area (Å²) in [7, 11) is 0. The molecule has 3 heterocycles. The zero-order valence-electron chi connectivity index (χ0n) is 21.5. The Balaban J connectivity index is 1.40. The molecule has 7 nitrogen and oxygen atoms in total. The number of amides is 2. The summed E-state index contributed by atoms with van der Waals surface area (Å²) in [6, 6.07) is 7.54. The van der Waals surface area contributed by atoms with Gasteiger partial charge in [-0.15, -0.1) is 0 Å². The quantitative estimate of drug-likeness (QED) is 0.550. The standard InChI is InChI=1S/C27H33F3N4O3/c1-25(2,3)37-24(36)32-16-26(17-32)18-9-4-6-11-20(18)34(23(26)35)15-22-31-19-10-5-7-12-21(19)33(22)14-8-13-27(28,29)30/h4,6,9,11H,5,7-8,10,12-17H2,1-3H3. The van der Waals surface area contributed by atoms with Crippen molar-refractivity contribution < 1.29 is 27.5 Å². The number of fused-ring (bicyclic) bond motifs is 3. The Labute approximate surface area is 214 Å². The number of halogens is 3. The number of hydrogen-bond donors (Lipinski definition) is 0. The molecule has 0 atom stereocenters. The van der Waals surface area contributed by atoms with Crippen molar-refractivity contribution in [1.82, 2.24) is 14.5 Å². The lowest BCUT2D eigenvalue weighted by molar-refractivity contribution is -0.136. The molecule has 1 aromatic carbocycles. The summed E-state index contributed by atoms with van der Waals surface area (Å²) in [6.07, 6.45) is -1.97. The van der Waals surface area contributed by atoms with Gasteiger partial charge in [-0.25, -0.2) is 9.78 Å². The van der Waals surface area contributed by atoms with Gasteiger partial charge in [-0.1, -0.05) is 18.2 Å². The molecule has 1 aromatic heterocycles. The Morgan fingerprint density at radius 3 is 2.51 bits per heavy atom. The van der Waals surface area contributed by atoms with Crippen LogP contribution in [0, 0.1) is 0 Å². The number of rotatable bonds is 5. The van der Waals surface area contributed by atoms with E-state index >= 15 is 0 Å². The van der Waals surface area contributed by atoms with Crippen LogP contribution in [0.25, 0.3) is 0 Å². The van der Waals surface area contributed by atoms with E-state index in [0.717, 1.165) is 48.3 Å². The third-order valence-corrected chi connectivity index (χ3v) is 7.39. The second-order valence-electron chi connectivity index (χ2n) is 11.3. The Morgan fingerprint density at radius 2 is 1.81 bits per heavy atom. The van der Waals surface area contributed by atoms with Crippen LogP contribution in [0.4, 0.5) is 23.7 Å². The second kappa shape index (κ2) is 9.06. The number of anilines is 1. The highest BCUT2D eigenvalue weighted by molar-refractivity contribution is 6.09. The van der Waals surface area contributed by atoms with E-state index in [2.05, 4.69) is 0 Å². The van der Waals surface area contributed by atoms with Crippen molar-refractivity contribution in [3.8, 4) is 0 Å². The van der Waals surface area contributed by atoms with Crippen molar-refractivity contribution in [2.45, 2.75) is 89.6 Å². The number of carbonyl (C=O) groups excluding carboxylic acids is 2. The lowest BCUT2D eigenvalue weighted by Gasteiger charge is -2.46. The third kappa shape index (κ3) is 4.82. The molecule has 1 aliphatic carbocycles. The molecule has 0 radical (unpaired) electrons. The predicted molar refractivity (Wildman–Crippen MR) is 131 cm³/mol. The number of aromatic nitrogens is 2. The molecular weight excluding hydrogens is 485 g/mol. The van der Waals surface area contributed by atoms with E-state index in [9.17, 15) is 22.8 Å². The van der Waals surface area contributed by atoms with Gasteiger partial charge in [0.1, 0.15) is 16.8 Å². The predicted octanol–water partition coefficient (Wildman–Crippen LogP) is 5.14. The Hall–Kier alpha value is -3.04. The highest BCUT2D eigenvalue weighted by Gasteiger charge is 2.59. The van der Waals surface area contributed by atoms with Gasteiger partial charge < -0.3 is 19.1 Å². The monoisotopic (exact) mass is 518 g/mol. The lowest BCUT2D eigenvalue weighted by Crippen LogP contribution is -2.65. The van der Waals surface area contributed by atoms with E-state index in [1.165, 1.54) is 0 Å². The zero-order valence-corrected chi connectivity index (χ0v) is 21.5. The van der Waals surface area contributed by atoms with Crippen LogP contribution in [0.1, 0.15) is 69.2 Å². The molecular formula is C27H33F3N4O3. The minimum atomic E-state index is -4.21. The van der Waals surface area contributed by atoms with Crippen LogP contribution in [0.15, 0.2) is 24.3 Å². The fourth-order valence-electron chi connectivity index (χ4n) is 5.74. The average molecular weight is 519 g/mol. The van der Waals surface area contributed by atoms with Gasteiger partial charge in [-0.2, -0.15) is 13.2 Å². The summed E-state index contributed by atoms with van der Waals surface area (Å²) >= 11 is 0. The number of benzene rings is 1. The third-order valence-electron chi connectivity index (χ3n) is 7.39. The van der Waals surface area contributed by atoms with Gasteiger partial charge in [-0.3, -0.25) is 4.79 Å². The average Bonchev–Trinajstić information content (AvgIpc) is 3.24. The highest BCUT2D eigenvalue weighted by atomic mass is 19.4. The van der Waals surface area contributed by atoms with Crippen molar-refractivity contribution in [2.75, 3.05) is 18.0 Å². The Kier molecular flexibility index (Phi) is 6.27. The van der Waals surface area contributed by atoms with Crippen LogP contribution in [-0.2, 0) is 40.9 Å². The summed E-state index contributed by atoms with van der Waals surface area (Å²) in [5.74, 6) is 0.508. The summed E-state index contributed by atoms with van der Waals surface area (Å²) in [5, 5.41) is 0. The molecule has 1 spiro atoms. The summed E-state index contributed by atoms with van der Waals surface area (Å²) < 4.78 is 46.0. The van der Waals surface area contributed by atoms with Gasteiger partial charge in [0.25, 0.3) is 0 Å². The Bertz CT molecular complexity index is 1210. The first-order valence-electron chi connectivity index (χ1n) is 12.9. The largest absolute Gasteiger partial charge is 0.444 e. The maximum atomic E-state index is 13.9. The first kappa shape index (κ1) is 25.6. The number of carbonyl (C=O) groups is 2. The maximum absolute atomic E-state index is 13.9. The number of aryl methyl sites for hydroxylation is 1. The molecule has 1 fully saturated rings. The molecule has 1 saturated heterocycles. The van der Waals surface area contributed by atoms with Crippen molar-refractivity contribution in [1.29, 1.82) is 0 Å². The number of likely N-dealkylation sites (tertiary alicyclic amines) is 1. The summed E-state index contributed by atoms with van der Waals surface area (Å²) in [4.78, 5) is 34.5. The van der Waals surface area contributed by atoms with Crippen molar-refractivity contribution in [2.24, 2.45) is 0 Å². The number of hydrogen-bond acceptors (Lipinski definition) is 4. The fraction of sp³-hybridized carbons (Fsp3) is 0.593. The number of imidazole rings is 1. The SMILES string of the molecule is CC(C)(C)OC(=O)N1CC2(C1)C(=O)N(Cc1nc3c(n1CCCC(F)(F)F)CCCC3)c1ccccc12. The van der Waals surface area contributed by atoms with E-state index in [0.29, 0.717) is 5.82 Å². The van der Waals surface area contributed by atoms with E-state index < -0.39 is 29.7 Å². The lowest BCUT2D eigenvalue weighted by atomic mass is 9.75. The van der Waals surface area contributed by atoms with Gasteiger partial charge in [0.05, 0.1) is 12.2 Å². The number of para-hydroxylation sites is 1. The molecule has 0 bridgehead atoms. The molecule has 0 saturated carbocycles. The van der Waals surface area contributed by atoms with Gasteiger partial charge in [0, 0.05) is 37.4 Å².